The Bertz CT molecular complexity index is 1080. The number of hydrogen-bond donors (Lipinski definition) is 0. The molecule has 32 heavy (non-hydrogen) atoms. The van der Waals surface area contributed by atoms with E-state index in [1.54, 1.807) is 29.8 Å². The van der Waals surface area contributed by atoms with Gasteiger partial charge in [-0.05, 0) is 68.0 Å². The molecule has 1 heterocycles. The summed E-state index contributed by atoms with van der Waals surface area (Å²) in [5.41, 5.74) is 2.37. The molecule has 1 unspecified atom stereocenters. The van der Waals surface area contributed by atoms with Gasteiger partial charge in [-0.25, -0.2) is 9.07 Å². The number of anilines is 1. The molecular formula is C24H28Cl3FN4. The lowest BCUT2D eigenvalue weighted by molar-refractivity contribution is 0.521. The molecule has 172 valence electrons. The maximum atomic E-state index is 14.4. The Morgan fingerprint density at radius 3 is 2.53 bits per heavy atom. The number of benzene rings is 2. The van der Waals surface area contributed by atoms with E-state index >= 15 is 0 Å². The van der Waals surface area contributed by atoms with E-state index < -0.39 is 0 Å². The van der Waals surface area contributed by atoms with Crippen LogP contribution in [0.2, 0.25) is 10.0 Å². The van der Waals surface area contributed by atoms with Crippen molar-refractivity contribution < 1.29 is 4.39 Å². The minimum Gasteiger partial charge on any atom is -0.332 e. The minimum atomic E-state index is -0.169. The lowest BCUT2D eigenvalue weighted by Gasteiger charge is -2.31. The summed E-state index contributed by atoms with van der Waals surface area (Å²) in [5.74, 6) is 1.87. The van der Waals surface area contributed by atoms with Crippen molar-refractivity contribution >= 4 is 41.6 Å². The van der Waals surface area contributed by atoms with Crippen LogP contribution in [0.4, 0.5) is 10.3 Å². The largest absolute Gasteiger partial charge is 0.332 e. The van der Waals surface area contributed by atoms with Crippen LogP contribution in [0.25, 0.3) is 5.69 Å². The first-order valence-electron chi connectivity index (χ1n) is 10.8. The second-order valence-corrected chi connectivity index (χ2v) is 9.21. The summed E-state index contributed by atoms with van der Waals surface area (Å²) in [6, 6.07) is 10.9. The highest BCUT2D eigenvalue weighted by atomic mass is 35.5. The highest BCUT2D eigenvalue weighted by Gasteiger charge is 2.32. The first-order valence-corrected chi connectivity index (χ1v) is 11.5. The lowest BCUT2D eigenvalue weighted by atomic mass is 9.98. The molecule has 8 heteroatoms. The summed E-state index contributed by atoms with van der Waals surface area (Å²) < 4.78 is 16.2. The van der Waals surface area contributed by atoms with Crippen LogP contribution in [0.3, 0.4) is 0 Å². The number of hydrogen-bond acceptors (Lipinski definition) is 3. The molecule has 1 aliphatic rings. The zero-order valence-electron chi connectivity index (χ0n) is 18.5. The Labute approximate surface area is 205 Å². The number of rotatable bonds is 8. The molecule has 0 amide bonds. The monoisotopic (exact) mass is 496 g/mol. The van der Waals surface area contributed by atoms with E-state index in [1.807, 2.05) is 25.1 Å². The third kappa shape index (κ3) is 5.38. The van der Waals surface area contributed by atoms with E-state index in [2.05, 4.69) is 11.8 Å². The maximum absolute atomic E-state index is 14.4. The second-order valence-electron chi connectivity index (χ2n) is 8.36. The van der Waals surface area contributed by atoms with Gasteiger partial charge in [0.05, 0.1) is 16.8 Å². The molecule has 0 spiro atoms. The highest BCUT2D eigenvalue weighted by Crippen LogP contribution is 2.41. The third-order valence-electron chi connectivity index (χ3n) is 5.83. The van der Waals surface area contributed by atoms with Crippen LogP contribution in [0, 0.1) is 25.6 Å². The maximum Gasteiger partial charge on any atom is 0.245 e. The molecule has 1 fully saturated rings. The summed E-state index contributed by atoms with van der Waals surface area (Å²) in [4.78, 5) is 6.99. The first kappa shape index (κ1) is 24.8. The molecule has 2 aromatic carbocycles. The molecule has 1 aromatic heterocycles. The van der Waals surface area contributed by atoms with Gasteiger partial charge in [-0.3, -0.25) is 0 Å². The van der Waals surface area contributed by atoms with Gasteiger partial charge >= 0.3 is 0 Å². The van der Waals surface area contributed by atoms with Crippen LogP contribution in [-0.4, -0.2) is 21.3 Å². The van der Waals surface area contributed by atoms with Gasteiger partial charge in [-0.15, -0.1) is 17.5 Å². The van der Waals surface area contributed by atoms with Crippen LogP contribution < -0.4 is 4.90 Å². The van der Waals surface area contributed by atoms with Crippen LogP contribution in [0.1, 0.15) is 55.6 Å². The third-order valence-corrected chi connectivity index (χ3v) is 6.37. The summed E-state index contributed by atoms with van der Waals surface area (Å²) >= 11 is 12.5. The summed E-state index contributed by atoms with van der Waals surface area (Å²) in [6.45, 7) is 6.62. The fourth-order valence-corrected chi connectivity index (χ4v) is 4.43. The summed E-state index contributed by atoms with van der Waals surface area (Å²) in [5, 5.41) is 5.91. The standard InChI is InChI=1S/C24H27Cl2FN4.ClH/c1-4-11-30(23(12-17-6-7-17)18-8-5-15(2)21(27)13-18)24-28-16(3)31(29-24)22-10-9-19(25)14-20(22)26;/h5,8-10,13-14,17,23H,4,6-7,11-12H2,1-3H3;1H. The number of nitrogens with zero attached hydrogens (tertiary/aromatic N) is 4. The Balaban J connectivity index is 0.00000289. The van der Waals surface area contributed by atoms with Crippen LogP contribution >= 0.6 is 35.6 Å². The van der Waals surface area contributed by atoms with Crippen molar-refractivity contribution in [2.45, 2.75) is 52.5 Å². The van der Waals surface area contributed by atoms with Crippen molar-refractivity contribution in [3.63, 3.8) is 0 Å². The Kier molecular flexibility index (Phi) is 8.07. The number of halogens is 4. The van der Waals surface area contributed by atoms with Gasteiger partial charge in [0.15, 0.2) is 0 Å². The predicted octanol–water partition coefficient (Wildman–Crippen LogP) is 7.51. The van der Waals surface area contributed by atoms with E-state index in [0.717, 1.165) is 36.5 Å². The van der Waals surface area contributed by atoms with Crippen molar-refractivity contribution in [3.05, 3.63) is 69.2 Å². The van der Waals surface area contributed by atoms with E-state index in [4.69, 9.17) is 33.3 Å². The van der Waals surface area contributed by atoms with Crippen molar-refractivity contribution in [1.82, 2.24) is 14.8 Å². The van der Waals surface area contributed by atoms with Crippen molar-refractivity contribution in [2.75, 3.05) is 11.4 Å². The fourth-order valence-electron chi connectivity index (χ4n) is 3.94. The molecule has 0 bridgehead atoms. The molecule has 4 nitrogen and oxygen atoms in total. The first-order chi connectivity index (χ1) is 14.9. The molecule has 0 N–H and O–H groups in total. The van der Waals surface area contributed by atoms with Crippen molar-refractivity contribution in [2.24, 2.45) is 5.92 Å². The normalized spacial score (nSPS) is 14.2. The van der Waals surface area contributed by atoms with E-state index in [1.165, 1.54) is 12.8 Å². The number of aryl methyl sites for hydroxylation is 2. The van der Waals surface area contributed by atoms with Gasteiger partial charge in [-0.2, -0.15) is 4.98 Å². The van der Waals surface area contributed by atoms with Gasteiger partial charge in [0, 0.05) is 11.6 Å². The molecule has 1 aliphatic carbocycles. The molecule has 3 aromatic rings. The summed E-state index contributed by atoms with van der Waals surface area (Å²) in [7, 11) is 0. The molecule has 4 rings (SSSR count). The molecular weight excluding hydrogens is 470 g/mol. The Morgan fingerprint density at radius 2 is 1.91 bits per heavy atom. The Hall–Kier alpha value is -1.82. The SMILES string of the molecule is CCCN(c1nc(C)n(-c2ccc(Cl)cc2Cl)n1)C(CC1CC1)c1ccc(C)c(F)c1.Cl. The fraction of sp³-hybridized carbons (Fsp3) is 0.417. The lowest BCUT2D eigenvalue weighted by Crippen LogP contribution is -2.31. The van der Waals surface area contributed by atoms with Crippen LogP contribution in [0.5, 0.6) is 0 Å². The molecule has 0 radical (unpaired) electrons. The highest BCUT2D eigenvalue weighted by molar-refractivity contribution is 6.35. The van der Waals surface area contributed by atoms with Gasteiger partial charge in [0.2, 0.25) is 5.95 Å². The van der Waals surface area contributed by atoms with E-state index in [-0.39, 0.29) is 24.3 Å². The Morgan fingerprint density at radius 1 is 1.16 bits per heavy atom. The van der Waals surface area contributed by atoms with Crippen LogP contribution in [-0.2, 0) is 0 Å². The van der Waals surface area contributed by atoms with Crippen LogP contribution in [0.15, 0.2) is 36.4 Å². The quantitative estimate of drug-likeness (QED) is 0.323. The molecule has 1 saturated carbocycles. The zero-order chi connectivity index (χ0) is 22.1. The second kappa shape index (κ2) is 10.4. The predicted molar refractivity (Wildman–Crippen MR) is 132 cm³/mol. The smallest absolute Gasteiger partial charge is 0.245 e. The van der Waals surface area contributed by atoms with Gasteiger partial charge in [-0.1, -0.05) is 55.1 Å². The molecule has 0 saturated heterocycles. The molecule has 1 atom stereocenters. The van der Waals surface area contributed by atoms with E-state index in [0.29, 0.717) is 27.5 Å². The van der Waals surface area contributed by atoms with E-state index in [9.17, 15) is 4.39 Å². The van der Waals surface area contributed by atoms with Crippen molar-refractivity contribution in [1.29, 1.82) is 0 Å². The molecule has 0 aliphatic heterocycles. The minimum absolute atomic E-state index is 0. The van der Waals surface area contributed by atoms with Gasteiger partial charge in [0.1, 0.15) is 11.6 Å². The average Bonchev–Trinajstić information content (AvgIpc) is 3.47. The number of aromatic nitrogens is 3. The van der Waals surface area contributed by atoms with Gasteiger partial charge in [0.25, 0.3) is 0 Å². The van der Waals surface area contributed by atoms with Crippen molar-refractivity contribution in [3.8, 4) is 5.69 Å². The average molecular weight is 498 g/mol. The summed E-state index contributed by atoms with van der Waals surface area (Å²) in [6.07, 6.45) is 4.36. The zero-order valence-corrected chi connectivity index (χ0v) is 20.8. The van der Waals surface area contributed by atoms with Gasteiger partial charge < -0.3 is 4.90 Å². The topological polar surface area (TPSA) is 34.0 Å².